The predicted octanol–water partition coefficient (Wildman–Crippen LogP) is 3.62. The summed E-state index contributed by atoms with van der Waals surface area (Å²) in [4.78, 5) is 0. The van der Waals surface area contributed by atoms with Gasteiger partial charge in [-0.25, -0.2) is 0 Å². The molecule has 3 aliphatic rings. The maximum atomic E-state index is 6.18. The molecule has 3 fully saturated rings. The van der Waals surface area contributed by atoms with E-state index in [9.17, 15) is 0 Å². The van der Waals surface area contributed by atoms with Crippen LogP contribution in [0.2, 0.25) is 0 Å². The second kappa shape index (κ2) is 5.43. The third-order valence-corrected chi connectivity index (χ3v) is 6.09. The number of aryl methyl sites for hydroxylation is 1. The molecule has 1 aromatic heterocycles. The molecule has 2 heterocycles. The van der Waals surface area contributed by atoms with Crippen molar-refractivity contribution < 1.29 is 4.74 Å². The van der Waals surface area contributed by atoms with Crippen LogP contribution in [-0.4, -0.2) is 25.3 Å². The second-order valence-corrected chi connectivity index (χ2v) is 7.81. The molecule has 0 radical (unpaired) electrons. The van der Waals surface area contributed by atoms with Gasteiger partial charge in [0.15, 0.2) is 0 Å². The van der Waals surface area contributed by atoms with E-state index in [1.807, 2.05) is 11.3 Å². The Bertz CT molecular complexity index is 438. The van der Waals surface area contributed by atoms with Crippen LogP contribution in [0.3, 0.4) is 0 Å². The zero-order valence-corrected chi connectivity index (χ0v) is 13.0. The van der Waals surface area contributed by atoms with Crippen molar-refractivity contribution in [3.8, 4) is 0 Å². The Hall–Kier alpha value is -0.380. The van der Waals surface area contributed by atoms with Gasteiger partial charge < -0.3 is 10.1 Å². The largest absolute Gasteiger partial charge is 0.377 e. The third kappa shape index (κ3) is 2.81. The number of rotatable bonds is 7. The van der Waals surface area contributed by atoms with Crippen LogP contribution in [-0.2, 0) is 11.2 Å². The number of hydrogen-bond donors (Lipinski definition) is 1. The van der Waals surface area contributed by atoms with Crippen LogP contribution in [0.25, 0.3) is 0 Å². The van der Waals surface area contributed by atoms with Crippen LogP contribution in [0.1, 0.15) is 44.1 Å². The molecule has 3 heteroatoms. The number of nitrogens with one attached hydrogen (secondary N) is 1. The van der Waals surface area contributed by atoms with Crippen LogP contribution in [0, 0.1) is 11.3 Å². The highest BCUT2D eigenvalue weighted by molar-refractivity contribution is 7.07. The first-order valence-electron chi connectivity index (χ1n) is 8.22. The number of thiophene rings is 1. The first-order chi connectivity index (χ1) is 9.86. The summed E-state index contributed by atoms with van der Waals surface area (Å²) < 4.78 is 6.18. The van der Waals surface area contributed by atoms with Crippen molar-refractivity contribution in [2.45, 2.75) is 57.1 Å². The van der Waals surface area contributed by atoms with Crippen molar-refractivity contribution in [3.05, 3.63) is 22.4 Å². The van der Waals surface area contributed by atoms with Gasteiger partial charge in [0.1, 0.15) is 0 Å². The van der Waals surface area contributed by atoms with E-state index in [4.69, 9.17) is 4.74 Å². The molecule has 2 atom stereocenters. The highest BCUT2D eigenvalue weighted by Gasteiger charge is 2.50. The van der Waals surface area contributed by atoms with E-state index in [1.54, 1.807) is 0 Å². The van der Waals surface area contributed by atoms with Gasteiger partial charge in [0, 0.05) is 24.6 Å². The van der Waals surface area contributed by atoms with Crippen molar-refractivity contribution in [1.29, 1.82) is 0 Å². The summed E-state index contributed by atoms with van der Waals surface area (Å²) in [5.41, 5.74) is 1.92. The molecule has 1 N–H and O–H groups in total. The summed E-state index contributed by atoms with van der Waals surface area (Å²) in [6.07, 6.45) is 9.88. The third-order valence-electron chi connectivity index (χ3n) is 5.36. The lowest BCUT2D eigenvalue weighted by atomic mass is 9.74. The Morgan fingerprint density at radius 1 is 1.30 bits per heavy atom. The van der Waals surface area contributed by atoms with Crippen molar-refractivity contribution in [1.82, 2.24) is 5.32 Å². The molecule has 0 bridgehead atoms. The molecule has 0 amide bonds. The molecule has 2 unspecified atom stereocenters. The summed E-state index contributed by atoms with van der Waals surface area (Å²) >= 11 is 1.82. The van der Waals surface area contributed by atoms with Crippen LogP contribution in [0.4, 0.5) is 0 Å². The lowest BCUT2D eigenvalue weighted by molar-refractivity contribution is 0.0265. The first kappa shape index (κ1) is 13.3. The molecule has 4 rings (SSSR count). The van der Waals surface area contributed by atoms with Crippen molar-refractivity contribution in [2.75, 3.05) is 13.2 Å². The molecule has 1 aromatic rings. The minimum absolute atomic E-state index is 0.408. The Balaban J connectivity index is 1.45. The Morgan fingerprint density at radius 3 is 2.90 bits per heavy atom. The smallest absolute Gasteiger partial charge is 0.0672 e. The fraction of sp³-hybridized carbons (Fsp3) is 0.765. The second-order valence-electron chi connectivity index (χ2n) is 7.03. The van der Waals surface area contributed by atoms with Crippen molar-refractivity contribution >= 4 is 11.3 Å². The van der Waals surface area contributed by atoms with E-state index in [1.165, 1.54) is 57.1 Å². The Kier molecular flexibility index (Phi) is 3.61. The number of hydrogen-bond acceptors (Lipinski definition) is 3. The average molecular weight is 291 g/mol. The molecule has 0 aromatic carbocycles. The van der Waals surface area contributed by atoms with Gasteiger partial charge in [-0.05, 0) is 73.3 Å². The summed E-state index contributed by atoms with van der Waals surface area (Å²) in [6, 6.07) is 3.10. The van der Waals surface area contributed by atoms with Gasteiger partial charge in [0.25, 0.3) is 0 Å². The number of ether oxygens (including phenoxy) is 1. The van der Waals surface area contributed by atoms with Crippen LogP contribution in [0.15, 0.2) is 16.8 Å². The van der Waals surface area contributed by atoms with Crippen molar-refractivity contribution in [2.24, 2.45) is 11.3 Å². The lowest BCUT2D eigenvalue weighted by Gasteiger charge is -2.35. The molecule has 2 nitrogen and oxygen atoms in total. The normalized spacial score (nSPS) is 33.7. The Morgan fingerprint density at radius 2 is 2.20 bits per heavy atom. The Labute approximate surface area is 125 Å². The standard InChI is InChI=1S/C17H25NOS/c1-2-14(1)16-17(8-9-19-16,12-18-15-3-4-15)7-5-13-6-10-20-11-13/h6,10-11,14-16,18H,1-5,7-9,12H2. The van der Waals surface area contributed by atoms with Gasteiger partial charge in [-0.2, -0.15) is 11.3 Å². The minimum atomic E-state index is 0.408. The van der Waals surface area contributed by atoms with Crippen LogP contribution >= 0.6 is 11.3 Å². The van der Waals surface area contributed by atoms with E-state index in [2.05, 4.69) is 22.1 Å². The fourth-order valence-electron chi connectivity index (χ4n) is 3.75. The summed E-state index contributed by atoms with van der Waals surface area (Å²) in [5.74, 6) is 0.862. The SMILES string of the molecule is c1cc(CCC2(CNC3CC3)CCOC2C2CC2)cs1. The first-order valence-corrected chi connectivity index (χ1v) is 9.16. The molecule has 2 saturated carbocycles. The average Bonchev–Trinajstić information content (AvgIpc) is 3.39. The molecule has 0 spiro atoms. The van der Waals surface area contributed by atoms with E-state index >= 15 is 0 Å². The predicted molar refractivity (Wildman–Crippen MR) is 83.2 cm³/mol. The maximum Gasteiger partial charge on any atom is 0.0672 e. The van der Waals surface area contributed by atoms with Gasteiger partial charge in [0.05, 0.1) is 6.10 Å². The van der Waals surface area contributed by atoms with Gasteiger partial charge >= 0.3 is 0 Å². The summed E-state index contributed by atoms with van der Waals surface area (Å²) in [6.45, 7) is 2.17. The summed E-state index contributed by atoms with van der Waals surface area (Å²) in [7, 11) is 0. The molecular weight excluding hydrogens is 266 g/mol. The van der Waals surface area contributed by atoms with E-state index in [0.717, 1.165) is 18.6 Å². The highest BCUT2D eigenvalue weighted by atomic mass is 32.1. The van der Waals surface area contributed by atoms with Crippen molar-refractivity contribution in [3.63, 3.8) is 0 Å². The van der Waals surface area contributed by atoms with Gasteiger partial charge in [-0.1, -0.05) is 0 Å². The monoisotopic (exact) mass is 291 g/mol. The lowest BCUT2D eigenvalue weighted by Crippen LogP contribution is -2.43. The van der Waals surface area contributed by atoms with Crippen LogP contribution in [0.5, 0.6) is 0 Å². The molecule has 20 heavy (non-hydrogen) atoms. The van der Waals surface area contributed by atoms with Gasteiger partial charge in [-0.15, -0.1) is 0 Å². The molecule has 110 valence electrons. The molecule has 2 aliphatic carbocycles. The molecule has 1 saturated heterocycles. The fourth-order valence-corrected chi connectivity index (χ4v) is 4.45. The topological polar surface area (TPSA) is 21.3 Å². The molecular formula is C17H25NOS. The zero-order valence-electron chi connectivity index (χ0n) is 12.1. The quantitative estimate of drug-likeness (QED) is 0.828. The maximum absolute atomic E-state index is 6.18. The summed E-state index contributed by atoms with van der Waals surface area (Å²) in [5, 5.41) is 8.32. The van der Waals surface area contributed by atoms with Gasteiger partial charge in [0.2, 0.25) is 0 Å². The van der Waals surface area contributed by atoms with Crippen LogP contribution < -0.4 is 5.32 Å². The van der Waals surface area contributed by atoms with E-state index in [-0.39, 0.29) is 0 Å². The van der Waals surface area contributed by atoms with Gasteiger partial charge in [-0.3, -0.25) is 0 Å². The zero-order chi connectivity index (χ0) is 13.4. The molecule has 1 aliphatic heterocycles. The minimum Gasteiger partial charge on any atom is -0.377 e. The van der Waals surface area contributed by atoms with E-state index in [0.29, 0.717) is 11.5 Å². The van der Waals surface area contributed by atoms with E-state index < -0.39 is 0 Å². The highest BCUT2D eigenvalue weighted by Crippen LogP contribution is 2.50.